The third-order valence-electron chi connectivity index (χ3n) is 4.77. The number of fused-ring (bicyclic) bond motifs is 1. The maximum Gasteiger partial charge on any atom is 0.246 e. The largest absolute Gasteiger partial charge is 0.493 e. The predicted octanol–water partition coefficient (Wildman–Crippen LogP) is 2.43. The van der Waals surface area contributed by atoms with Gasteiger partial charge in [0.1, 0.15) is 18.8 Å². The Balaban J connectivity index is 1.52. The molecule has 1 atom stereocenters. The van der Waals surface area contributed by atoms with E-state index in [1.807, 2.05) is 18.2 Å². The molecule has 0 radical (unpaired) electrons. The molecular formula is C20H21NO4. The van der Waals surface area contributed by atoms with Crippen LogP contribution >= 0.6 is 0 Å². The SMILES string of the molecule is COc1ccc(C2CNC(=O)CO2)cc1OC1Cc2ccccc2C1. The molecule has 1 fully saturated rings. The van der Waals surface area contributed by atoms with Crippen molar-refractivity contribution in [1.29, 1.82) is 0 Å². The molecule has 1 aliphatic heterocycles. The second kappa shape index (κ2) is 6.76. The van der Waals surface area contributed by atoms with Crippen LogP contribution in [0.1, 0.15) is 22.8 Å². The van der Waals surface area contributed by atoms with Crippen molar-refractivity contribution >= 4 is 5.91 Å². The van der Waals surface area contributed by atoms with Crippen LogP contribution < -0.4 is 14.8 Å². The minimum atomic E-state index is -0.160. The maximum atomic E-state index is 11.3. The van der Waals surface area contributed by atoms with E-state index in [-0.39, 0.29) is 24.7 Å². The molecule has 1 aliphatic carbocycles. The summed E-state index contributed by atoms with van der Waals surface area (Å²) in [4.78, 5) is 11.3. The molecule has 2 aromatic carbocycles. The van der Waals surface area contributed by atoms with Gasteiger partial charge in [-0.05, 0) is 28.8 Å². The molecule has 2 aliphatic rings. The highest BCUT2D eigenvalue weighted by molar-refractivity contribution is 5.77. The van der Waals surface area contributed by atoms with Crippen LogP contribution in [-0.4, -0.2) is 32.3 Å². The van der Waals surface area contributed by atoms with Gasteiger partial charge in [-0.1, -0.05) is 30.3 Å². The van der Waals surface area contributed by atoms with Crippen LogP contribution in [-0.2, 0) is 22.4 Å². The van der Waals surface area contributed by atoms with Crippen molar-refractivity contribution in [2.24, 2.45) is 0 Å². The fraction of sp³-hybridized carbons (Fsp3) is 0.350. The van der Waals surface area contributed by atoms with E-state index in [1.165, 1.54) is 11.1 Å². The van der Waals surface area contributed by atoms with Gasteiger partial charge < -0.3 is 19.5 Å². The molecule has 2 aromatic rings. The molecule has 1 amide bonds. The lowest BCUT2D eigenvalue weighted by Crippen LogP contribution is -2.38. The molecule has 0 saturated carbocycles. The number of hydrogen-bond donors (Lipinski definition) is 1. The third kappa shape index (κ3) is 3.33. The number of hydrogen-bond acceptors (Lipinski definition) is 4. The molecular weight excluding hydrogens is 318 g/mol. The van der Waals surface area contributed by atoms with Gasteiger partial charge in [0, 0.05) is 19.4 Å². The van der Waals surface area contributed by atoms with E-state index >= 15 is 0 Å². The van der Waals surface area contributed by atoms with Crippen molar-refractivity contribution in [3.05, 3.63) is 59.2 Å². The van der Waals surface area contributed by atoms with Crippen LogP contribution in [0.25, 0.3) is 0 Å². The fourth-order valence-electron chi connectivity index (χ4n) is 3.47. The Morgan fingerprint density at radius 2 is 1.84 bits per heavy atom. The highest BCUT2D eigenvalue weighted by Crippen LogP contribution is 2.34. The summed E-state index contributed by atoms with van der Waals surface area (Å²) < 4.78 is 17.3. The van der Waals surface area contributed by atoms with E-state index in [2.05, 4.69) is 29.6 Å². The van der Waals surface area contributed by atoms with Crippen molar-refractivity contribution in [3.8, 4) is 11.5 Å². The first kappa shape index (κ1) is 16.0. The molecule has 0 spiro atoms. The molecule has 1 N–H and O–H groups in total. The first-order chi connectivity index (χ1) is 12.2. The van der Waals surface area contributed by atoms with Crippen molar-refractivity contribution < 1.29 is 19.0 Å². The maximum absolute atomic E-state index is 11.3. The second-order valence-corrected chi connectivity index (χ2v) is 6.43. The minimum Gasteiger partial charge on any atom is -0.493 e. The number of rotatable bonds is 4. The number of morpholine rings is 1. The van der Waals surface area contributed by atoms with Crippen LogP contribution in [0.4, 0.5) is 0 Å². The zero-order chi connectivity index (χ0) is 17.2. The molecule has 130 valence electrons. The van der Waals surface area contributed by atoms with Gasteiger partial charge in [-0.15, -0.1) is 0 Å². The topological polar surface area (TPSA) is 56.8 Å². The summed E-state index contributed by atoms with van der Waals surface area (Å²) in [6.45, 7) is 0.560. The van der Waals surface area contributed by atoms with Crippen LogP contribution in [0.3, 0.4) is 0 Å². The lowest BCUT2D eigenvalue weighted by molar-refractivity contribution is -0.133. The number of carbonyl (C=O) groups is 1. The normalized spacial score (nSPS) is 20.0. The summed E-state index contributed by atoms with van der Waals surface area (Å²) in [6.07, 6.45) is 1.75. The summed E-state index contributed by atoms with van der Waals surface area (Å²) >= 11 is 0. The van der Waals surface area contributed by atoms with Crippen LogP contribution in [0.2, 0.25) is 0 Å². The van der Waals surface area contributed by atoms with Gasteiger partial charge in [0.15, 0.2) is 11.5 Å². The quantitative estimate of drug-likeness (QED) is 0.929. The summed E-state index contributed by atoms with van der Waals surface area (Å²) in [5.74, 6) is 1.35. The third-order valence-corrected chi connectivity index (χ3v) is 4.77. The first-order valence-corrected chi connectivity index (χ1v) is 8.52. The number of amides is 1. The molecule has 5 heteroatoms. The number of nitrogens with one attached hydrogen (secondary N) is 1. The Labute approximate surface area is 146 Å². The Hall–Kier alpha value is -2.53. The average Bonchev–Trinajstić information content (AvgIpc) is 3.04. The van der Waals surface area contributed by atoms with E-state index < -0.39 is 0 Å². The Morgan fingerprint density at radius 1 is 1.08 bits per heavy atom. The lowest BCUT2D eigenvalue weighted by Gasteiger charge is -2.24. The summed E-state index contributed by atoms with van der Waals surface area (Å²) in [5, 5.41) is 2.83. The van der Waals surface area contributed by atoms with Gasteiger partial charge in [-0.25, -0.2) is 0 Å². The predicted molar refractivity (Wildman–Crippen MR) is 93.0 cm³/mol. The standard InChI is InChI=1S/C20H21NO4/c1-23-17-7-6-15(19-11-21-20(22)12-24-19)10-18(17)25-16-8-13-4-2-3-5-14(13)9-16/h2-7,10,16,19H,8-9,11-12H2,1H3,(H,21,22). The van der Waals surface area contributed by atoms with Crippen LogP contribution in [0.15, 0.2) is 42.5 Å². The summed E-state index contributed by atoms with van der Waals surface area (Å²) in [7, 11) is 1.64. The Kier molecular flexibility index (Phi) is 4.32. The molecule has 5 nitrogen and oxygen atoms in total. The fourth-order valence-corrected chi connectivity index (χ4v) is 3.47. The van der Waals surface area contributed by atoms with Gasteiger partial charge in [0.2, 0.25) is 5.91 Å². The van der Waals surface area contributed by atoms with Crippen molar-refractivity contribution in [1.82, 2.24) is 5.32 Å². The second-order valence-electron chi connectivity index (χ2n) is 6.43. The minimum absolute atomic E-state index is 0.0787. The van der Waals surface area contributed by atoms with E-state index in [4.69, 9.17) is 14.2 Å². The summed E-state index contributed by atoms with van der Waals surface area (Å²) in [6, 6.07) is 14.3. The van der Waals surface area contributed by atoms with Gasteiger partial charge in [-0.2, -0.15) is 0 Å². The molecule has 0 aromatic heterocycles. The molecule has 1 saturated heterocycles. The first-order valence-electron chi connectivity index (χ1n) is 8.52. The van der Waals surface area contributed by atoms with E-state index in [0.717, 1.165) is 24.2 Å². The van der Waals surface area contributed by atoms with Crippen molar-refractivity contribution in [3.63, 3.8) is 0 Å². The average molecular weight is 339 g/mol. The molecule has 25 heavy (non-hydrogen) atoms. The Morgan fingerprint density at radius 3 is 2.48 bits per heavy atom. The monoisotopic (exact) mass is 339 g/mol. The van der Waals surface area contributed by atoms with Crippen molar-refractivity contribution in [2.75, 3.05) is 20.3 Å². The van der Waals surface area contributed by atoms with E-state index in [1.54, 1.807) is 7.11 Å². The smallest absolute Gasteiger partial charge is 0.246 e. The highest BCUT2D eigenvalue weighted by atomic mass is 16.5. The zero-order valence-electron chi connectivity index (χ0n) is 14.2. The number of ether oxygens (including phenoxy) is 3. The van der Waals surface area contributed by atoms with Gasteiger partial charge in [0.05, 0.1) is 7.11 Å². The van der Waals surface area contributed by atoms with Gasteiger partial charge >= 0.3 is 0 Å². The molecule has 4 rings (SSSR count). The summed E-state index contributed by atoms with van der Waals surface area (Å²) in [5.41, 5.74) is 3.67. The number of benzene rings is 2. The molecule has 0 bridgehead atoms. The van der Waals surface area contributed by atoms with E-state index in [9.17, 15) is 4.79 Å². The number of methoxy groups -OCH3 is 1. The van der Waals surface area contributed by atoms with Gasteiger partial charge in [-0.3, -0.25) is 4.79 Å². The zero-order valence-corrected chi connectivity index (χ0v) is 14.2. The number of carbonyl (C=O) groups excluding carboxylic acids is 1. The lowest BCUT2D eigenvalue weighted by atomic mass is 10.1. The van der Waals surface area contributed by atoms with E-state index in [0.29, 0.717) is 12.3 Å². The Bertz CT molecular complexity index is 754. The highest BCUT2D eigenvalue weighted by Gasteiger charge is 2.25. The molecule has 1 unspecified atom stereocenters. The van der Waals surface area contributed by atoms with Crippen LogP contribution in [0, 0.1) is 0 Å². The molecule has 1 heterocycles. The van der Waals surface area contributed by atoms with Crippen molar-refractivity contribution in [2.45, 2.75) is 25.0 Å². The van der Waals surface area contributed by atoms with Crippen LogP contribution in [0.5, 0.6) is 11.5 Å². The van der Waals surface area contributed by atoms with Gasteiger partial charge in [0.25, 0.3) is 0 Å².